The first-order valence-corrected chi connectivity index (χ1v) is 8.68. The Hall–Kier alpha value is -0.540. The van der Waals surface area contributed by atoms with E-state index in [2.05, 4.69) is 30.0 Å². The largest absolute Gasteiger partial charge is 0.497 e. The average molecular weight is 366 g/mol. The van der Waals surface area contributed by atoms with Crippen LogP contribution >= 0.6 is 17.0 Å². The molecule has 0 spiro atoms. The van der Waals surface area contributed by atoms with Crippen LogP contribution in [-0.2, 0) is 12.0 Å². The molecule has 2 aliphatic carbocycles. The summed E-state index contributed by atoms with van der Waals surface area (Å²) < 4.78 is 5.55. The Bertz CT molecular complexity index is 560. The molecule has 0 radical (unpaired) electrons. The molecule has 22 heavy (non-hydrogen) atoms. The Morgan fingerprint density at radius 3 is 2.73 bits per heavy atom. The monoisotopic (exact) mass is 365 g/mol. The number of fused-ring (bicyclic) bond motifs is 1. The number of methoxy groups -OCH3 is 1. The number of benzene rings is 1. The van der Waals surface area contributed by atoms with E-state index in [1.807, 2.05) is 0 Å². The summed E-state index contributed by atoms with van der Waals surface area (Å²) in [7, 11) is 1.79. The maximum Gasteiger partial charge on any atom is 0.119 e. The smallest absolute Gasteiger partial charge is 0.119 e. The van der Waals surface area contributed by atoms with Gasteiger partial charge in [-0.3, -0.25) is 4.90 Å². The first-order valence-electron chi connectivity index (χ1n) is 8.68. The van der Waals surface area contributed by atoms with E-state index in [0.29, 0.717) is 11.0 Å². The molecule has 0 N–H and O–H groups in total. The van der Waals surface area contributed by atoms with E-state index < -0.39 is 0 Å². The van der Waals surface area contributed by atoms with Gasteiger partial charge in [-0.2, -0.15) is 0 Å². The molecule has 1 aliphatic heterocycles. The molecule has 3 heteroatoms. The minimum absolute atomic E-state index is 0. The van der Waals surface area contributed by atoms with Gasteiger partial charge in [0.2, 0.25) is 0 Å². The van der Waals surface area contributed by atoms with Crippen molar-refractivity contribution in [2.75, 3.05) is 20.2 Å². The van der Waals surface area contributed by atoms with E-state index in [1.54, 1.807) is 18.2 Å². The second kappa shape index (κ2) is 5.83. The minimum Gasteiger partial charge on any atom is -0.497 e. The van der Waals surface area contributed by atoms with Crippen LogP contribution in [0.4, 0.5) is 0 Å². The zero-order valence-electron chi connectivity index (χ0n) is 13.9. The van der Waals surface area contributed by atoms with Gasteiger partial charge in [0, 0.05) is 0 Å². The highest BCUT2D eigenvalue weighted by molar-refractivity contribution is 8.93. The molecule has 2 nitrogen and oxygen atoms in total. The van der Waals surface area contributed by atoms with Gasteiger partial charge in [0.1, 0.15) is 5.75 Å². The van der Waals surface area contributed by atoms with Gasteiger partial charge in [0.25, 0.3) is 0 Å². The summed E-state index contributed by atoms with van der Waals surface area (Å²) in [5.41, 5.74) is 4.03. The third kappa shape index (κ3) is 1.94. The highest BCUT2D eigenvalue weighted by Gasteiger charge is 2.61. The van der Waals surface area contributed by atoms with Crippen molar-refractivity contribution < 1.29 is 4.74 Å². The standard InChI is InChI=1S/C19H27NO.BrH/c1-3-20-13-12-18-9-4-5-10-19(18,20)17-14-16(21-2)7-6-15(17)8-11-18;/h6-7,14H,3-5,8-13H2,1-2H3;1H. The van der Waals surface area contributed by atoms with Crippen molar-refractivity contribution in [2.45, 2.75) is 57.4 Å². The zero-order valence-corrected chi connectivity index (χ0v) is 15.6. The molecule has 1 saturated heterocycles. The number of rotatable bonds is 2. The topological polar surface area (TPSA) is 12.5 Å². The molecular weight excluding hydrogens is 338 g/mol. The van der Waals surface area contributed by atoms with Crippen molar-refractivity contribution in [3.63, 3.8) is 0 Å². The average Bonchev–Trinajstić information content (AvgIpc) is 2.90. The van der Waals surface area contributed by atoms with Gasteiger partial charge in [0.05, 0.1) is 12.6 Å². The van der Waals surface area contributed by atoms with Crippen LogP contribution in [0.5, 0.6) is 5.75 Å². The SMILES string of the molecule is Br.CCN1CCC23CCCCC12c1cc(OC)ccc1CC3. The number of ether oxygens (including phenoxy) is 1. The molecule has 0 aromatic heterocycles. The summed E-state index contributed by atoms with van der Waals surface area (Å²) in [4.78, 5) is 2.80. The van der Waals surface area contributed by atoms with Crippen LogP contribution in [0.3, 0.4) is 0 Å². The van der Waals surface area contributed by atoms with Crippen molar-refractivity contribution >= 4 is 17.0 Å². The van der Waals surface area contributed by atoms with Gasteiger partial charge >= 0.3 is 0 Å². The Morgan fingerprint density at radius 2 is 1.95 bits per heavy atom. The molecule has 122 valence electrons. The molecule has 1 aromatic carbocycles. The van der Waals surface area contributed by atoms with Crippen LogP contribution < -0.4 is 4.74 Å². The lowest BCUT2D eigenvalue weighted by Gasteiger charge is -2.56. The number of nitrogens with zero attached hydrogens (tertiary/aromatic N) is 1. The van der Waals surface area contributed by atoms with Crippen LogP contribution in [0.25, 0.3) is 0 Å². The Labute approximate surface area is 145 Å². The molecule has 0 bridgehead atoms. The highest BCUT2D eigenvalue weighted by atomic mass is 79.9. The van der Waals surface area contributed by atoms with Gasteiger partial charge in [-0.15, -0.1) is 17.0 Å². The fourth-order valence-corrected chi connectivity index (χ4v) is 5.82. The molecule has 4 rings (SSSR count). The predicted octanol–water partition coefficient (Wildman–Crippen LogP) is 4.70. The van der Waals surface area contributed by atoms with E-state index in [-0.39, 0.29) is 17.0 Å². The first kappa shape index (κ1) is 16.3. The third-order valence-electron chi connectivity index (χ3n) is 6.74. The Morgan fingerprint density at radius 1 is 1.14 bits per heavy atom. The summed E-state index contributed by atoms with van der Waals surface area (Å²) in [6, 6.07) is 6.84. The molecule has 2 unspecified atom stereocenters. The predicted molar refractivity (Wildman–Crippen MR) is 96.1 cm³/mol. The van der Waals surface area contributed by atoms with Gasteiger partial charge in [-0.05, 0) is 73.9 Å². The van der Waals surface area contributed by atoms with Crippen molar-refractivity contribution in [3.8, 4) is 5.75 Å². The Kier molecular flexibility index (Phi) is 4.32. The number of hydrogen-bond donors (Lipinski definition) is 0. The van der Waals surface area contributed by atoms with E-state index in [4.69, 9.17) is 4.74 Å². The maximum atomic E-state index is 5.55. The van der Waals surface area contributed by atoms with Gasteiger partial charge in [0.15, 0.2) is 0 Å². The summed E-state index contributed by atoms with van der Waals surface area (Å²) in [5, 5.41) is 0. The maximum absolute atomic E-state index is 5.55. The van der Waals surface area contributed by atoms with Crippen LogP contribution in [0.15, 0.2) is 18.2 Å². The quantitative estimate of drug-likeness (QED) is 0.752. The van der Waals surface area contributed by atoms with Crippen LogP contribution in [0, 0.1) is 5.41 Å². The van der Waals surface area contributed by atoms with E-state index >= 15 is 0 Å². The number of aryl methyl sites for hydroxylation is 1. The zero-order chi connectivity index (χ0) is 14.5. The summed E-state index contributed by atoms with van der Waals surface area (Å²) >= 11 is 0. The summed E-state index contributed by atoms with van der Waals surface area (Å²) in [6.07, 6.45) is 9.65. The van der Waals surface area contributed by atoms with Crippen molar-refractivity contribution in [2.24, 2.45) is 5.41 Å². The molecule has 1 aromatic rings. The number of halogens is 1. The molecular formula is C19H28BrNO. The third-order valence-corrected chi connectivity index (χ3v) is 6.74. The molecule has 1 saturated carbocycles. The molecule has 1 heterocycles. The molecule has 3 aliphatic rings. The lowest BCUT2D eigenvalue weighted by atomic mass is 9.53. The van der Waals surface area contributed by atoms with Crippen molar-refractivity contribution in [3.05, 3.63) is 29.3 Å². The fraction of sp³-hybridized carbons (Fsp3) is 0.684. The lowest BCUT2D eigenvalue weighted by Crippen LogP contribution is -2.55. The molecule has 2 atom stereocenters. The van der Waals surface area contributed by atoms with Crippen molar-refractivity contribution in [1.82, 2.24) is 4.90 Å². The minimum atomic E-state index is 0. The van der Waals surface area contributed by atoms with Crippen LogP contribution in [0.2, 0.25) is 0 Å². The Balaban J connectivity index is 0.00000144. The molecule has 0 amide bonds. The van der Waals surface area contributed by atoms with E-state index in [1.165, 1.54) is 58.0 Å². The lowest BCUT2D eigenvalue weighted by molar-refractivity contribution is -0.0236. The second-order valence-corrected chi connectivity index (χ2v) is 7.20. The van der Waals surface area contributed by atoms with Gasteiger partial charge in [-0.25, -0.2) is 0 Å². The normalized spacial score (nSPS) is 33.4. The van der Waals surface area contributed by atoms with Gasteiger partial charge < -0.3 is 4.74 Å². The second-order valence-electron chi connectivity index (χ2n) is 7.20. The summed E-state index contributed by atoms with van der Waals surface area (Å²) in [5.74, 6) is 1.03. The van der Waals surface area contributed by atoms with E-state index in [9.17, 15) is 0 Å². The van der Waals surface area contributed by atoms with Crippen LogP contribution in [0.1, 0.15) is 56.6 Å². The summed E-state index contributed by atoms with van der Waals surface area (Å²) in [6.45, 7) is 4.80. The number of hydrogen-bond acceptors (Lipinski definition) is 2. The highest BCUT2D eigenvalue weighted by Crippen LogP contribution is 2.64. The first-order chi connectivity index (χ1) is 10.3. The number of likely N-dealkylation sites (tertiary alicyclic amines) is 1. The van der Waals surface area contributed by atoms with E-state index in [0.717, 1.165) is 5.75 Å². The van der Waals surface area contributed by atoms with Crippen molar-refractivity contribution in [1.29, 1.82) is 0 Å². The van der Waals surface area contributed by atoms with Gasteiger partial charge in [-0.1, -0.05) is 25.8 Å². The van der Waals surface area contributed by atoms with Crippen LogP contribution in [-0.4, -0.2) is 25.1 Å². The fourth-order valence-electron chi connectivity index (χ4n) is 5.82. The molecule has 2 fully saturated rings.